The second kappa shape index (κ2) is 11.0. The molecule has 0 fully saturated rings. The zero-order valence-corrected chi connectivity index (χ0v) is 15.7. The van der Waals surface area contributed by atoms with Gasteiger partial charge in [0.05, 0.1) is 7.11 Å². The molecule has 0 heterocycles. The molecule has 26 heavy (non-hydrogen) atoms. The monoisotopic (exact) mass is 355 g/mol. The molecular formula is C21H29N3O2. The van der Waals surface area contributed by atoms with E-state index in [1.807, 2.05) is 18.2 Å². The van der Waals surface area contributed by atoms with Crippen LogP contribution in [0.3, 0.4) is 0 Å². The molecule has 0 saturated heterocycles. The number of ether oxygens (including phenoxy) is 1. The first-order valence-corrected chi connectivity index (χ1v) is 9.15. The van der Waals surface area contributed by atoms with Crippen molar-refractivity contribution in [1.82, 2.24) is 10.6 Å². The molecule has 0 atom stereocenters. The molecule has 5 nitrogen and oxygen atoms in total. The number of nitrogens with zero attached hydrogens (tertiary/aromatic N) is 1. The standard InChI is InChI=1S/C21H29N3O2/c1-3-22-21(23-15-8-11-17-9-5-4-6-10-17)24-16-14-18-12-7-13-19(26-2)20(18)25/h4-7,9-10,12-13,25H,3,8,11,14-16H2,1-2H3,(H2,22,23,24). The number of aliphatic imine (C=N–C) groups is 1. The predicted octanol–water partition coefficient (Wildman–Crippen LogP) is 3.13. The summed E-state index contributed by atoms with van der Waals surface area (Å²) in [6.07, 6.45) is 2.73. The van der Waals surface area contributed by atoms with Gasteiger partial charge in [-0.25, -0.2) is 0 Å². The third-order valence-electron chi connectivity index (χ3n) is 4.07. The minimum Gasteiger partial charge on any atom is -0.504 e. The SMILES string of the molecule is CCNC(=NCCCc1ccccc1)NCCc1cccc(OC)c1O. The van der Waals surface area contributed by atoms with Gasteiger partial charge < -0.3 is 20.5 Å². The molecule has 0 spiro atoms. The maximum absolute atomic E-state index is 10.1. The Hall–Kier alpha value is -2.69. The van der Waals surface area contributed by atoms with Crippen LogP contribution in [0.2, 0.25) is 0 Å². The van der Waals surface area contributed by atoms with Crippen molar-refractivity contribution in [3.05, 3.63) is 59.7 Å². The van der Waals surface area contributed by atoms with Gasteiger partial charge in [0.25, 0.3) is 0 Å². The summed E-state index contributed by atoms with van der Waals surface area (Å²) in [5.41, 5.74) is 2.20. The van der Waals surface area contributed by atoms with Crippen LogP contribution >= 0.6 is 0 Å². The van der Waals surface area contributed by atoms with Crippen molar-refractivity contribution >= 4 is 5.96 Å². The fourth-order valence-corrected chi connectivity index (χ4v) is 2.71. The van der Waals surface area contributed by atoms with Gasteiger partial charge in [-0.05, 0) is 43.4 Å². The average molecular weight is 355 g/mol. The highest BCUT2D eigenvalue weighted by Gasteiger charge is 2.07. The van der Waals surface area contributed by atoms with E-state index in [2.05, 4.69) is 46.8 Å². The molecule has 0 aromatic heterocycles. The number of phenols is 1. The maximum atomic E-state index is 10.1. The Morgan fingerprint density at radius 1 is 1.04 bits per heavy atom. The number of guanidine groups is 1. The molecule has 5 heteroatoms. The van der Waals surface area contributed by atoms with E-state index in [0.717, 1.165) is 37.5 Å². The molecule has 0 amide bonds. The van der Waals surface area contributed by atoms with Gasteiger partial charge in [-0.15, -0.1) is 0 Å². The number of nitrogens with one attached hydrogen (secondary N) is 2. The quantitative estimate of drug-likeness (QED) is 0.367. The first-order chi connectivity index (χ1) is 12.7. The molecule has 2 aromatic carbocycles. The summed E-state index contributed by atoms with van der Waals surface area (Å²) in [4.78, 5) is 4.62. The first-order valence-electron chi connectivity index (χ1n) is 9.15. The first kappa shape index (κ1) is 19.6. The van der Waals surface area contributed by atoms with E-state index in [9.17, 15) is 5.11 Å². The number of para-hydroxylation sites is 1. The zero-order chi connectivity index (χ0) is 18.6. The van der Waals surface area contributed by atoms with Gasteiger partial charge >= 0.3 is 0 Å². The molecule has 0 unspecified atom stereocenters. The van der Waals surface area contributed by atoms with Crippen LogP contribution in [0.4, 0.5) is 0 Å². The predicted molar refractivity (Wildman–Crippen MR) is 107 cm³/mol. The van der Waals surface area contributed by atoms with Crippen LogP contribution in [0.1, 0.15) is 24.5 Å². The summed E-state index contributed by atoms with van der Waals surface area (Å²) in [6, 6.07) is 16.0. The van der Waals surface area contributed by atoms with Crippen LogP contribution < -0.4 is 15.4 Å². The second-order valence-electron chi connectivity index (χ2n) is 5.99. The molecular weight excluding hydrogens is 326 g/mol. The number of methoxy groups -OCH3 is 1. The molecule has 0 bridgehead atoms. The Bertz CT molecular complexity index is 687. The number of hydrogen-bond acceptors (Lipinski definition) is 3. The molecule has 140 valence electrons. The summed E-state index contributed by atoms with van der Waals surface area (Å²) >= 11 is 0. The highest BCUT2D eigenvalue weighted by Crippen LogP contribution is 2.29. The number of phenolic OH excluding ortho intramolecular Hbond substituents is 1. The summed E-state index contributed by atoms with van der Waals surface area (Å²) in [5, 5.41) is 16.7. The van der Waals surface area contributed by atoms with Crippen molar-refractivity contribution in [1.29, 1.82) is 0 Å². The molecule has 3 N–H and O–H groups in total. The van der Waals surface area contributed by atoms with E-state index in [1.165, 1.54) is 5.56 Å². The minimum absolute atomic E-state index is 0.210. The van der Waals surface area contributed by atoms with Gasteiger partial charge in [0.15, 0.2) is 17.5 Å². The number of hydrogen-bond donors (Lipinski definition) is 3. The van der Waals surface area contributed by atoms with Gasteiger partial charge in [-0.3, -0.25) is 4.99 Å². The van der Waals surface area contributed by atoms with Crippen LogP contribution in [-0.2, 0) is 12.8 Å². The number of rotatable bonds is 9. The summed E-state index contributed by atoms with van der Waals surface area (Å²) in [6.45, 7) is 4.32. The Morgan fingerprint density at radius 2 is 1.85 bits per heavy atom. The number of aryl methyl sites for hydroxylation is 1. The summed E-state index contributed by atoms with van der Waals surface area (Å²) in [7, 11) is 1.56. The normalized spacial score (nSPS) is 11.2. The van der Waals surface area contributed by atoms with Gasteiger partial charge in [0.1, 0.15) is 0 Å². The minimum atomic E-state index is 0.210. The highest BCUT2D eigenvalue weighted by molar-refractivity contribution is 5.79. The van der Waals surface area contributed by atoms with E-state index < -0.39 is 0 Å². The van der Waals surface area contributed by atoms with Crippen LogP contribution in [0, 0.1) is 0 Å². The molecule has 0 saturated carbocycles. The number of aromatic hydroxyl groups is 1. The molecule has 0 aliphatic carbocycles. The van der Waals surface area contributed by atoms with Crippen molar-refractivity contribution in [2.75, 3.05) is 26.7 Å². The van der Waals surface area contributed by atoms with Gasteiger partial charge in [-0.1, -0.05) is 42.5 Å². The lowest BCUT2D eigenvalue weighted by Gasteiger charge is -2.12. The van der Waals surface area contributed by atoms with E-state index >= 15 is 0 Å². The Labute approximate surface area is 156 Å². The second-order valence-corrected chi connectivity index (χ2v) is 5.99. The fraction of sp³-hybridized carbons (Fsp3) is 0.381. The largest absolute Gasteiger partial charge is 0.504 e. The van der Waals surface area contributed by atoms with Crippen molar-refractivity contribution in [2.24, 2.45) is 4.99 Å². The average Bonchev–Trinajstić information content (AvgIpc) is 2.67. The lowest BCUT2D eigenvalue weighted by Crippen LogP contribution is -2.38. The Kier molecular flexibility index (Phi) is 8.33. The van der Waals surface area contributed by atoms with Gasteiger partial charge in [0.2, 0.25) is 0 Å². The Balaban J connectivity index is 1.80. The van der Waals surface area contributed by atoms with E-state index in [0.29, 0.717) is 18.7 Å². The van der Waals surface area contributed by atoms with E-state index in [-0.39, 0.29) is 5.75 Å². The van der Waals surface area contributed by atoms with Crippen LogP contribution in [0.5, 0.6) is 11.5 Å². The number of benzene rings is 2. The van der Waals surface area contributed by atoms with Crippen molar-refractivity contribution in [2.45, 2.75) is 26.2 Å². The molecule has 2 aromatic rings. The Morgan fingerprint density at radius 3 is 2.58 bits per heavy atom. The highest BCUT2D eigenvalue weighted by atomic mass is 16.5. The van der Waals surface area contributed by atoms with Gasteiger partial charge in [-0.2, -0.15) is 0 Å². The van der Waals surface area contributed by atoms with Crippen LogP contribution in [0.25, 0.3) is 0 Å². The lowest BCUT2D eigenvalue weighted by atomic mass is 10.1. The summed E-state index contributed by atoms with van der Waals surface area (Å²) in [5.74, 6) is 1.52. The third-order valence-corrected chi connectivity index (χ3v) is 4.07. The smallest absolute Gasteiger partial charge is 0.191 e. The fourth-order valence-electron chi connectivity index (χ4n) is 2.71. The summed E-state index contributed by atoms with van der Waals surface area (Å²) < 4.78 is 5.15. The van der Waals surface area contributed by atoms with Crippen LogP contribution in [0.15, 0.2) is 53.5 Å². The molecule has 0 aliphatic heterocycles. The molecule has 2 rings (SSSR count). The van der Waals surface area contributed by atoms with Crippen molar-refractivity contribution in [3.63, 3.8) is 0 Å². The van der Waals surface area contributed by atoms with Gasteiger partial charge in [0, 0.05) is 19.6 Å². The lowest BCUT2D eigenvalue weighted by molar-refractivity contribution is 0.370. The van der Waals surface area contributed by atoms with E-state index in [1.54, 1.807) is 13.2 Å². The topological polar surface area (TPSA) is 65.9 Å². The third kappa shape index (κ3) is 6.31. The maximum Gasteiger partial charge on any atom is 0.191 e. The van der Waals surface area contributed by atoms with Crippen molar-refractivity contribution in [3.8, 4) is 11.5 Å². The van der Waals surface area contributed by atoms with Crippen molar-refractivity contribution < 1.29 is 9.84 Å². The van der Waals surface area contributed by atoms with E-state index in [4.69, 9.17) is 4.74 Å². The van der Waals surface area contributed by atoms with Crippen LogP contribution in [-0.4, -0.2) is 37.8 Å². The molecule has 0 aliphatic rings. The molecule has 0 radical (unpaired) electrons. The zero-order valence-electron chi connectivity index (χ0n) is 15.7.